The Morgan fingerprint density at radius 1 is 1.53 bits per heavy atom. The molecule has 1 saturated heterocycles. The van der Waals surface area contributed by atoms with E-state index in [1.165, 1.54) is 4.31 Å². The second-order valence-corrected chi connectivity index (χ2v) is 6.24. The molecule has 2 rings (SSSR count). The van der Waals surface area contributed by atoms with Gasteiger partial charge in [0.05, 0.1) is 11.3 Å². The molecule has 0 aliphatic carbocycles. The first-order valence-electron chi connectivity index (χ1n) is 5.23. The van der Waals surface area contributed by atoms with Gasteiger partial charge in [-0.15, -0.1) is 0 Å². The topological polar surface area (TPSA) is 79.6 Å². The lowest BCUT2D eigenvalue weighted by atomic mass is 10.00. The smallest absolute Gasteiger partial charge is 0.303 e. The molecule has 2 heterocycles. The van der Waals surface area contributed by atoms with E-state index in [9.17, 15) is 13.2 Å². The standard InChI is InChI=1S/C10H14N2O4S/c1-11-3-2-9(7-11)17(15,16)12-5-8(6-12)4-10(13)14/h2-3,7-8H,4-6H2,1H3,(H,13,14). The molecule has 0 spiro atoms. The fourth-order valence-electron chi connectivity index (χ4n) is 1.87. The Balaban J connectivity index is 2.03. The number of sulfonamides is 1. The van der Waals surface area contributed by atoms with Crippen LogP contribution in [0.3, 0.4) is 0 Å². The van der Waals surface area contributed by atoms with Gasteiger partial charge in [-0.1, -0.05) is 0 Å². The molecule has 0 aromatic carbocycles. The molecule has 7 heteroatoms. The zero-order valence-corrected chi connectivity index (χ0v) is 10.2. The van der Waals surface area contributed by atoms with Crippen LogP contribution in [-0.4, -0.2) is 41.5 Å². The van der Waals surface area contributed by atoms with Crippen molar-refractivity contribution in [1.29, 1.82) is 0 Å². The predicted octanol–water partition coefficient (Wildman–Crippen LogP) is 0.120. The van der Waals surface area contributed by atoms with Gasteiger partial charge >= 0.3 is 5.97 Å². The summed E-state index contributed by atoms with van der Waals surface area (Å²) >= 11 is 0. The minimum absolute atomic E-state index is 0.0286. The molecule has 1 aromatic heterocycles. The number of carboxylic acid groups (broad SMARTS) is 1. The van der Waals surface area contributed by atoms with Crippen LogP contribution in [0.25, 0.3) is 0 Å². The zero-order valence-electron chi connectivity index (χ0n) is 9.41. The molecule has 0 bridgehead atoms. The molecule has 0 saturated carbocycles. The Labute approximate surface area is 99.5 Å². The van der Waals surface area contributed by atoms with Crippen molar-refractivity contribution < 1.29 is 18.3 Å². The van der Waals surface area contributed by atoms with Crippen LogP contribution in [0.2, 0.25) is 0 Å². The van der Waals surface area contributed by atoms with Crippen LogP contribution < -0.4 is 0 Å². The van der Waals surface area contributed by atoms with Crippen LogP contribution in [0.15, 0.2) is 23.4 Å². The van der Waals surface area contributed by atoms with E-state index in [1.807, 2.05) is 0 Å². The Morgan fingerprint density at radius 2 is 2.18 bits per heavy atom. The summed E-state index contributed by atoms with van der Waals surface area (Å²) in [6, 6.07) is 1.54. The van der Waals surface area contributed by atoms with Gasteiger partial charge in [0.15, 0.2) is 0 Å². The van der Waals surface area contributed by atoms with Gasteiger partial charge in [0.2, 0.25) is 10.0 Å². The number of carbonyl (C=O) groups is 1. The second kappa shape index (κ2) is 4.15. The van der Waals surface area contributed by atoms with Crippen LogP contribution in [0.4, 0.5) is 0 Å². The molecule has 0 amide bonds. The lowest BCUT2D eigenvalue weighted by Crippen LogP contribution is -2.50. The summed E-state index contributed by atoms with van der Waals surface area (Å²) < 4.78 is 27.0. The molecule has 0 atom stereocenters. The van der Waals surface area contributed by atoms with Gasteiger partial charge in [0.1, 0.15) is 0 Å². The summed E-state index contributed by atoms with van der Waals surface area (Å²) in [5.74, 6) is -0.947. The van der Waals surface area contributed by atoms with E-state index in [-0.39, 0.29) is 17.2 Å². The highest BCUT2D eigenvalue weighted by molar-refractivity contribution is 7.89. The number of nitrogens with zero attached hydrogens (tertiary/aromatic N) is 2. The third-order valence-corrected chi connectivity index (χ3v) is 4.64. The minimum Gasteiger partial charge on any atom is -0.481 e. The first-order chi connectivity index (χ1) is 7.89. The fraction of sp³-hybridized carbons (Fsp3) is 0.500. The van der Waals surface area contributed by atoms with E-state index in [0.29, 0.717) is 13.1 Å². The van der Waals surface area contributed by atoms with Crippen molar-refractivity contribution in [3.63, 3.8) is 0 Å². The monoisotopic (exact) mass is 258 g/mol. The number of hydrogen-bond acceptors (Lipinski definition) is 3. The molecule has 1 aliphatic rings. The summed E-state index contributed by atoms with van der Waals surface area (Å²) in [6.45, 7) is 0.590. The third kappa shape index (κ3) is 2.34. The maximum Gasteiger partial charge on any atom is 0.303 e. The first-order valence-corrected chi connectivity index (χ1v) is 6.67. The van der Waals surface area contributed by atoms with Crippen molar-refractivity contribution >= 4 is 16.0 Å². The maximum atomic E-state index is 12.0. The van der Waals surface area contributed by atoms with Crippen molar-refractivity contribution in [3.05, 3.63) is 18.5 Å². The molecule has 94 valence electrons. The minimum atomic E-state index is -3.43. The second-order valence-electron chi connectivity index (χ2n) is 4.30. The number of aliphatic carboxylic acids is 1. The average Bonchev–Trinajstić information content (AvgIpc) is 2.57. The van der Waals surface area contributed by atoms with Gasteiger partial charge in [0, 0.05) is 32.5 Å². The molecular weight excluding hydrogens is 244 g/mol. The summed E-state index contributed by atoms with van der Waals surface area (Å²) in [6.07, 6.45) is 3.24. The summed E-state index contributed by atoms with van der Waals surface area (Å²) in [7, 11) is -1.68. The molecule has 0 unspecified atom stereocenters. The van der Waals surface area contributed by atoms with Crippen molar-refractivity contribution in [3.8, 4) is 0 Å². The summed E-state index contributed by atoms with van der Waals surface area (Å²) in [5, 5.41) is 8.59. The lowest BCUT2D eigenvalue weighted by Gasteiger charge is -2.36. The average molecular weight is 258 g/mol. The predicted molar refractivity (Wildman–Crippen MR) is 59.9 cm³/mol. The van der Waals surface area contributed by atoms with Crippen molar-refractivity contribution in [1.82, 2.24) is 8.87 Å². The number of rotatable bonds is 4. The molecule has 0 radical (unpaired) electrons. The zero-order chi connectivity index (χ0) is 12.6. The van der Waals surface area contributed by atoms with Crippen LogP contribution >= 0.6 is 0 Å². The molecule has 1 N–H and O–H groups in total. The SMILES string of the molecule is Cn1ccc(S(=O)(=O)N2CC(CC(=O)O)C2)c1. The van der Waals surface area contributed by atoms with Gasteiger partial charge in [0.25, 0.3) is 0 Å². The highest BCUT2D eigenvalue weighted by Crippen LogP contribution is 2.26. The first kappa shape index (κ1) is 12.1. The Bertz CT molecular complexity index is 528. The molecule has 6 nitrogen and oxygen atoms in total. The van der Waals surface area contributed by atoms with Gasteiger partial charge in [-0.3, -0.25) is 4.79 Å². The van der Waals surface area contributed by atoms with E-state index < -0.39 is 16.0 Å². The lowest BCUT2D eigenvalue weighted by molar-refractivity contribution is -0.139. The van der Waals surface area contributed by atoms with Crippen molar-refractivity contribution in [2.75, 3.05) is 13.1 Å². The summed E-state index contributed by atoms with van der Waals surface area (Å²) in [4.78, 5) is 10.7. The quantitative estimate of drug-likeness (QED) is 0.832. The van der Waals surface area contributed by atoms with Crippen LogP contribution in [-0.2, 0) is 21.9 Å². The highest BCUT2D eigenvalue weighted by Gasteiger charge is 2.37. The number of aryl methyl sites for hydroxylation is 1. The van der Waals surface area contributed by atoms with Gasteiger partial charge in [-0.25, -0.2) is 8.42 Å². The Kier molecular flexibility index (Phi) is 2.96. The van der Waals surface area contributed by atoms with E-state index >= 15 is 0 Å². The maximum absolute atomic E-state index is 12.0. The van der Waals surface area contributed by atoms with Crippen LogP contribution in [0.1, 0.15) is 6.42 Å². The van der Waals surface area contributed by atoms with E-state index in [0.717, 1.165) is 0 Å². The van der Waals surface area contributed by atoms with Crippen LogP contribution in [0.5, 0.6) is 0 Å². The molecule has 17 heavy (non-hydrogen) atoms. The fourth-order valence-corrected chi connectivity index (χ4v) is 3.52. The molecule has 1 fully saturated rings. The van der Waals surface area contributed by atoms with Crippen molar-refractivity contribution in [2.45, 2.75) is 11.3 Å². The van der Waals surface area contributed by atoms with E-state index in [1.54, 1.807) is 30.1 Å². The number of hydrogen-bond donors (Lipinski definition) is 1. The largest absolute Gasteiger partial charge is 0.481 e. The molecular formula is C10H14N2O4S. The van der Waals surface area contributed by atoms with Gasteiger partial charge in [-0.2, -0.15) is 4.31 Å². The number of carboxylic acids is 1. The number of aromatic nitrogens is 1. The Hall–Kier alpha value is -1.34. The molecule has 1 aliphatic heterocycles. The third-order valence-electron chi connectivity index (χ3n) is 2.83. The molecule has 1 aromatic rings. The normalized spacial score (nSPS) is 17.9. The van der Waals surface area contributed by atoms with E-state index in [2.05, 4.69) is 0 Å². The van der Waals surface area contributed by atoms with Gasteiger partial charge < -0.3 is 9.67 Å². The highest BCUT2D eigenvalue weighted by atomic mass is 32.2. The van der Waals surface area contributed by atoms with Crippen molar-refractivity contribution in [2.24, 2.45) is 13.0 Å². The summed E-state index contributed by atoms with van der Waals surface area (Å²) in [5.41, 5.74) is 0. The van der Waals surface area contributed by atoms with Gasteiger partial charge in [-0.05, 0) is 12.0 Å². The Morgan fingerprint density at radius 3 is 2.65 bits per heavy atom. The van der Waals surface area contributed by atoms with Crippen LogP contribution in [0, 0.1) is 5.92 Å². The van der Waals surface area contributed by atoms with E-state index in [4.69, 9.17) is 5.11 Å².